The fourth-order valence-corrected chi connectivity index (χ4v) is 5.12. The van der Waals surface area contributed by atoms with E-state index in [1.54, 1.807) is 54.8 Å². The van der Waals surface area contributed by atoms with Crippen LogP contribution in [0.5, 0.6) is 5.75 Å². The molecule has 37 heavy (non-hydrogen) atoms. The molecule has 1 fully saturated rings. The predicted octanol–water partition coefficient (Wildman–Crippen LogP) is 5.90. The standard InChI is InChI=1S/C28H24F2N2O4S/c1-37-26-15-24(30)23(29)14-22(26)18-5-8-21(9-6-18)36-16-17-3-2-4-19(13-17)27(33)32-20(11-12-31)7-10-25(32)28(34)35/h2-6,8-9,13-15,20,25H,7,10-11,16H2,1H3,(H,34,35). The Kier molecular flexibility index (Phi) is 8.09. The van der Waals surface area contributed by atoms with Gasteiger partial charge in [-0.2, -0.15) is 5.26 Å². The van der Waals surface area contributed by atoms with E-state index < -0.39 is 35.6 Å². The van der Waals surface area contributed by atoms with Crippen molar-refractivity contribution in [3.8, 4) is 22.9 Å². The molecule has 2 unspecified atom stereocenters. The lowest BCUT2D eigenvalue weighted by Gasteiger charge is -2.27. The highest BCUT2D eigenvalue weighted by molar-refractivity contribution is 7.98. The van der Waals surface area contributed by atoms with Crippen molar-refractivity contribution in [2.24, 2.45) is 0 Å². The van der Waals surface area contributed by atoms with Gasteiger partial charge in [0.2, 0.25) is 0 Å². The van der Waals surface area contributed by atoms with Crippen molar-refractivity contribution in [1.82, 2.24) is 4.90 Å². The maximum absolute atomic E-state index is 13.8. The van der Waals surface area contributed by atoms with Gasteiger partial charge < -0.3 is 14.7 Å². The highest BCUT2D eigenvalue weighted by atomic mass is 32.2. The first-order valence-corrected chi connectivity index (χ1v) is 12.8. The third-order valence-electron chi connectivity index (χ3n) is 6.34. The molecule has 0 radical (unpaired) electrons. The van der Waals surface area contributed by atoms with E-state index in [4.69, 9.17) is 10.00 Å². The van der Waals surface area contributed by atoms with E-state index in [1.807, 2.05) is 6.07 Å². The monoisotopic (exact) mass is 522 g/mol. The minimum absolute atomic E-state index is 0.0807. The summed E-state index contributed by atoms with van der Waals surface area (Å²) in [5.74, 6) is -2.76. The molecule has 1 heterocycles. The van der Waals surface area contributed by atoms with Gasteiger partial charge in [-0.15, -0.1) is 11.8 Å². The summed E-state index contributed by atoms with van der Waals surface area (Å²) in [5, 5.41) is 18.6. The van der Waals surface area contributed by atoms with Crippen molar-refractivity contribution in [1.29, 1.82) is 5.26 Å². The Morgan fingerprint density at radius 3 is 2.51 bits per heavy atom. The van der Waals surface area contributed by atoms with Crippen LogP contribution in [-0.4, -0.2) is 40.2 Å². The Labute approximate surface area is 217 Å². The molecule has 2 atom stereocenters. The summed E-state index contributed by atoms with van der Waals surface area (Å²) < 4.78 is 33.2. The minimum Gasteiger partial charge on any atom is -0.489 e. The molecule has 1 saturated heterocycles. The van der Waals surface area contributed by atoms with Crippen LogP contribution in [0, 0.1) is 23.0 Å². The zero-order valence-electron chi connectivity index (χ0n) is 20.0. The Morgan fingerprint density at radius 1 is 1.11 bits per heavy atom. The van der Waals surface area contributed by atoms with Crippen molar-refractivity contribution >= 4 is 23.6 Å². The lowest BCUT2D eigenvalue weighted by Crippen LogP contribution is -2.44. The van der Waals surface area contributed by atoms with Crippen molar-refractivity contribution in [3.05, 3.63) is 83.4 Å². The molecule has 6 nitrogen and oxygen atoms in total. The minimum atomic E-state index is -1.08. The van der Waals surface area contributed by atoms with Gasteiger partial charge in [-0.25, -0.2) is 13.6 Å². The fourth-order valence-electron chi connectivity index (χ4n) is 4.50. The quantitative estimate of drug-likeness (QED) is 0.370. The number of hydrogen-bond donors (Lipinski definition) is 1. The smallest absolute Gasteiger partial charge is 0.326 e. The maximum atomic E-state index is 13.8. The SMILES string of the molecule is CSc1cc(F)c(F)cc1-c1ccc(OCc2cccc(C(=O)N3C(CC#N)CCC3C(=O)O)c2)cc1. The van der Waals surface area contributed by atoms with E-state index in [-0.39, 0.29) is 13.0 Å². The van der Waals surface area contributed by atoms with Crippen molar-refractivity contribution in [3.63, 3.8) is 0 Å². The van der Waals surface area contributed by atoms with E-state index in [9.17, 15) is 23.5 Å². The molecule has 1 N–H and O–H groups in total. The van der Waals surface area contributed by atoms with E-state index in [0.717, 1.165) is 0 Å². The number of amides is 1. The van der Waals surface area contributed by atoms with Gasteiger partial charge in [0.15, 0.2) is 11.6 Å². The molecular weight excluding hydrogens is 498 g/mol. The summed E-state index contributed by atoms with van der Waals surface area (Å²) in [6.07, 6.45) is 2.66. The van der Waals surface area contributed by atoms with E-state index >= 15 is 0 Å². The Bertz CT molecular complexity index is 1360. The van der Waals surface area contributed by atoms with Crippen LogP contribution in [0.15, 0.2) is 65.6 Å². The lowest BCUT2D eigenvalue weighted by atomic mass is 10.1. The van der Waals surface area contributed by atoms with Crippen LogP contribution >= 0.6 is 11.8 Å². The number of thioether (sulfide) groups is 1. The highest BCUT2D eigenvalue weighted by Gasteiger charge is 2.41. The number of carbonyl (C=O) groups is 2. The number of ether oxygens (including phenoxy) is 1. The average molecular weight is 523 g/mol. The number of rotatable bonds is 8. The number of carbonyl (C=O) groups excluding carboxylic acids is 1. The Morgan fingerprint density at radius 2 is 1.84 bits per heavy atom. The second kappa shape index (κ2) is 11.4. The lowest BCUT2D eigenvalue weighted by molar-refractivity contribution is -0.141. The molecule has 1 amide bonds. The van der Waals surface area contributed by atoms with Gasteiger partial charge in [-0.05, 0) is 72.2 Å². The van der Waals surface area contributed by atoms with Gasteiger partial charge in [-0.3, -0.25) is 4.79 Å². The number of nitriles is 1. The molecule has 190 valence electrons. The number of benzene rings is 3. The van der Waals surface area contributed by atoms with Gasteiger partial charge >= 0.3 is 5.97 Å². The van der Waals surface area contributed by atoms with E-state index in [0.29, 0.717) is 45.7 Å². The summed E-state index contributed by atoms with van der Waals surface area (Å²) in [6.45, 7) is 0.158. The van der Waals surface area contributed by atoms with Gasteiger partial charge in [0, 0.05) is 16.5 Å². The average Bonchev–Trinajstić information content (AvgIpc) is 3.33. The predicted molar refractivity (Wildman–Crippen MR) is 135 cm³/mol. The number of carboxylic acids is 1. The fraction of sp³-hybridized carbons (Fsp3) is 0.250. The van der Waals surface area contributed by atoms with Crippen molar-refractivity contribution < 1.29 is 28.2 Å². The first-order chi connectivity index (χ1) is 17.8. The second-order valence-corrected chi connectivity index (χ2v) is 9.49. The number of nitrogens with zero attached hydrogens (tertiary/aromatic N) is 2. The molecule has 1 aliphatic heterocycles. The molecule has 3 aromatic rings. The summed E-state index contributed by atoms with van der Waals surface area (Å²) in [6, 6.07) is 16.7. The molecule has 0 aliphatic carbocycles. The van der Waals surface area contributed by atoms with Crippen LogP contribution in [0.2, 0.25) is 0 Å². The molecule has 3 aromatic carbocycles. The third kappa shape index (κ3) is 5.75. The molecule has 0 spiro atoms. The van der Waals surface area contributed by atoms with Gasteiger partial charge in [0.05, 0.1) is 12.5 Å². The van der Waals surface area contributed by atoms with E-state index in [2.05, 4.69) is 0 Å². The van der Waals surface area contributed by atoms with Crippen LogP contribution in [-0.2, 0) is 11.4 Å². The van der Waals surface area contributed by atoms with Crippen LogP contribution in [0.3, 0.4) is 0 Å². The Balaban J connectivity index is 1.47. The van der Waals surface area contributed by atoms with Gasteiger partial charge in [0.25, 0.3) is 5.91 Å². The highest BCUT2D eigenvalue weighted by Crippen LogP contribution is 2.33. The number of likely N-dealkylation sites (tertiary alicyclic amines) is 1. The number of aliphatic carboxylic acids is 1. The number of halogens is 2. The molecule has 0 aromatic heterocycles. The van der Waals surface area contributed by atoms with Crippen LogP contribution in [0.4, 0.5) is 8.78 Å². The molecule has 0 saturated carbocycles. The molecular formula is C28H24F2N2O4S. The third-order valence-corrected chi connectivity index (χ3v) is 7.11. The normalized spacial score (nSPS) is 16.9. The molecule has 0 bridgehead atoms. The first kappa shape index (κ1) is 26.2. The summed E-state index contributed by atoms with van der Waals surface area (Å²) in [4.78, 5) is 26.8. The molecule has 9 heteroatoms. The summed E-state index contributed by atoms with van der Waals surface area (Å²) >= 11 is 1.32. The van der Waals surface area contributed by atoms with Crippen LogP contribution in [0.25, 0.3) is 11.1 Å². The number of carboxylic acid groups (broad SMARTS) is 1. The van der Waals surface area contributed by atoms with Crippen molar-refractivity contribution in [2.45, 2.75) is 42.8 Å². The maximum Gasteiger partial charge on any atom is 0.326 e. The van der Waals surface area contributed by atoms with Crippen molar-refractivity contribution in [2.75, 3.05) is 6.26 Å². The summed E-state index contributed by atoms with van der Waals surface area (Å²) in [5.41, 5.74) is 2.34. The van der Waals surface area contributed by atoms with Crippen LogP contribution in [0.1, 0.15) is 35.2 Å². The van der Waals surface area contributed by atoms with Crippen LogP contribution < -0.4 is 4.74 Å². The largest absolute Gasteiger partial charge is 0.489 e. The molecule has 4 rings (SSSR count). The molecule has 1 aliphatic rings. The Hall–Kier alpha value is -3.90. The zero-order chi connectivity index (χ0) is 26.5. The van der Waals surface area contributed by atoms with Gasteiger partial charge in [0.1, 0.15) is 18.4 Å². The van der Waals surface area contributed by atoms with E-state index in [1.165, 1.54) is 28.8 Å². The number of hydrogen-bond acceptors (Lipinski definition) is 5. The topological polar surface area (TPSA) is 90.6 Å². The summed E-state index contributed by atoms with van der Waals surface area (Å²) in [7, 11) is 0. The van der Waals surface area contributed by atoms with Gasteiger partial charge in [-0.1, -0.05) is 24.3 Å². The first-order valence-electron chi connectivity index (χ1n) is 11.6. The second-order valence-electron chi connectivity index (χ2n) is 8.64. The zero-order valence-corrected chi connectivity index (χ0v) is 20.8.